The van der Waals surface area contributed by atoms with Crippen LogP contribution in [0.4, 0.5) is 0 Å². The summed E-state index contributed by atoms with van der Waals surface area (Å²) < 4.78 is 39.6. The van der Waals surface area contributed by atoms with Crippen LogP contribution in [0.1, 0.15) is 53.5 Å². The fourth-order valence-corrected chi connectivity index (χ4v) is 5.72. The van der Waals surface area contributed by atoms with Gasteiger partial charge < -0.3 is 14.2 Å². The Morgan fingerprint density at radius 1 is 0.975 bits per heavy atom. The highest BCUT2D eigenvalue weighted by atomic mass is 32.2. The molecule has 7 heteroatoms. The van der Waals surface area contributed by atoms with Crippen LogP contribution in [0, 0.1) is 18.8 Å². The molecule has 0 fully saturated rings. The highest BCUT2D eigenvalue weighted by Crippen LogP contribution is 2.39. The summed E-state index contributed by atoms with van der Waals surface area (Å²) in [5.74, 6) is 7.14. The van der Waals surface area contributed by atoms with Gasteiger partial charge in [0.25, 0.3) is 0 Å². The van der Waals surface area contributed by atoms with E-state index in [-0.39, 0.29) is 24.1 Å². The Morgan fingerprint density at radius 2 is 1.73 bits per heavy atom. The van der Waals surface area contributed by atoms with E-state index in [1.54, 1.807) is 6.92 Å². The van der Waals surface area contributed by atoms with Crippen LogP contribution >= 0.6 is 0 Å². The molecule has 4 rings (SSSR count). The fourth-order valence-electron chi connectivity index (χ4n) is 5.07. The predicted octanol–water partition coefficient (Wildman–Crippen LogP) is 5.82. The van der Waals surface area contributed by atoms with Crippen molar-refractivity contribution in [3.8, 4) is 34.5 Å². The average molecular weight is 561 g/mol. The van der Waals surface area contributed by atoms with E-state index in [0.717, 1.165) is 41.0 Å². The van der Waals surface area contributed by atoms with Crippen molar-refractivity contribution in [2.24, 2.45) is 0 Å². The van der Waals surface area contributed by atoms with Crippen molar-refractivity contribution < 1.29 is 27.4 Å². The fraction of sp³-hybridized carbons (Fsp3) is 0.364. The Morgan fingerprint density at radius 3 is 2.42 bits per heavy atom. The van der Waals surface area contributed by atoms with Crippen LogP contribution in [0.25, 0.3) is 11.1 Å². The lowest BCUT2D eigenvalue weighted by molar-refractivity contribution is -0.140. The third kappa shape index (κ3) is 7.67. The molecule has 0 radical (unpaired) electrons. The number of fused-ring (bicyclic) bond motifs is 3. The smallest absolute Gasteiger partial charge is 0.307 e. The van der Waals surface area contributed by atoms with Crippen molar-refractivity contribution in [3.63, 3.8) is 0 Å². The number of sulfone groups is 1. The average Bonchev–Trinajstić information content (AvgIpc) is 2.93. The zero-order chi connectivity index (χ0) is 28.7. The second kappa shape index (κ2) is 13.1. The molecule has 0 saturated carbocycles. The summed E-state index contributed by atoms with van der Waals surface area (Å²) >= 11 is 0. The maximum atomic E-state index is 11.8. The lowest BCUT2D eigenvalue weighted by atomic mass is 9.82. The van der Waals surface area contributed by atoms with E-state index in [0.29, 0.717) is 19.6 Å². The molecule has 40 heavy (non-hydrogen) atoms. The summed E-state index contributed by atoms with van der Waals surface area (Å²) in [7, 11) is -1.60. The number of hydrogen-bond donors (Lipinski definition) is 0. The summed E-state index contributed by atoms with van der Waals surface area (Å²) in [5.41, 5.74) is 8.20. The molecular formula is C33H36O6S. The van der Waals surface area contributed by atoms with E-state index in [4.69, 9.17) is 14.2 Å². The van der Waals surface area contributed by atoms with Gasteiger partial charge in [0.15, 0.2) is 0 Å². The summed E-state index contributed by atoms with van der Waals surface area (Å²) in [5, 5.41) is 0. The van der Waals surface area contributed by atoms with Crippen LogP contribution in [0.15, 0.2) is 54.6 Å². The molecule has 1 unspecified atom stereocenters. The van der Waals surface area contributed by atoms with Gasteiger partial charge in [-0.15, -0.1) is 5.92 Å². The highest BCUT2D eigenvalue weighted by Gasteiger charge is 2.20. The molecule has 0 saturated heterocycles. The first-order chi connectivity index (χ1) is 19.2. The largest absolute Gasteiger partial charge is 0.494 e. The van der Waals surface area contributed by atoms with E-state index < -0.39 is 9.84 Å². The monoisotopic (exact) mass is 560 g/mol. The van der Waals surface area contributed by atoms with Crippen molar-refractivity contribution >= 4 is 15.8 Å². The van der Waals surface area contributed by atoms with Gasteiger partial charge in [0.05, 0.1) is 31.8 Å². The number of carbonyl (C=O) groups is 1. The van der Waals surface area contributed by atoms with E-state index in [2.05, 4.69) is 43.0 Å². The molecule has 1 atom stereocenters. The minimum atomic E-state index is -2.98. The number of esters is 1. The normalized spacial score (nSPS) is 12.8. The van der Waals surface area contributed by atoms with Gasteiger partial charge >= 0.3 is 5.97 Å². The first-order valence-corrected chi connectivity index (χ1v) is 15.5. The van der Waals surface area contributed by atoms with E-state index >= 15 is 0 Å². The zero-order valence-electron chi connectivity index (χ0n) is 23.6. The van der Waals surface area contributed by atoms with Gasteiger partial charge in [-0.2, -0.15) is 0 Å². The highest BCUT2D eigenvalue weighted by molar-refractivity contribution is 7.90. The van der Waals surface area contributed by atoms with Crippen LogP contribution in [0.3, 0.4) is 0 Å². The lowest BCUT2D eigenvalue weighted by Gasteiger charge is -2.24. The zero-order valence-corrected chi connectivity index (χ0v) is 24.4. The Balaban J connectivity index is 1.44. The molecule has 0 heterocycles. The van der Waals surface area contributed by atoms with Crippen LogP contribution in [-0.4, -0.2) is 40.1 Å². The van der Waals surface area contributed by atoms with Crippen molar-refractivity contribution in [3.05, 3.63) is 82.4 Å². The number of benzene rings is 3. The van der Waals surface area contributed by atoms with E-state index in [9.17, 15) is 13.2 Å². The summed E-state index contributed by atoms with van der Waals surface area (Å²) in [6.45, 7) is 4.67. The molecule has 0 N–H and O–H groups in total. The van der Waals surface area contributed by atoms with Gasteiger partial charge in [0.1, 0.15) is 27.9 Å². The summed E-state index contributed by atoms with van der Waals surface area (Å²) in [4.78, 5) is 11.8. The molecule has 6 nitrogen and oxygen atoms in total. The van der Waals surface area contributed by atoms with E-state index in [1.807, 2.05) is 30.3 Å². The van der Waals surface area contributed by atoms with Crippen molar-refractivity contribution in [1.29, 1.82) is 0 Å². The standard InChI is InChI=1S/C33H36O6S/c1-5-7-27(21-32(34)37-3)25-12-14-29(15-13-25)39-22-24-8-9-26-10-11-28-20-30(38-16-6-17-40(4,35)36)18-23(2)33(28)31(26)19-24/h8-9,12-15,18-20,27H,6,10-11,16-17,21-22H2,1-4H3. The van der Waals surface area contributed by atoms with Gasteiger partial charge in [-0.1, -0.05) is 30.2 Å². The molecule has 0 aromatic heterocycles. The Labute approximate surface area is 237 Å². The molecule has 210 valence electrons. The number of carbonyl (C=O) groups excluding carboxylic acids is 1. The number of ether oxygens (including phenoxy) is 3. The second-order valence-electron chi connectivity index (χ2n) is 10.2. The minimum absolute atomic E-state index is 0.128. The molecule has 0 amide bonds. The first-order valence-electron chi connectivity index (χ1n) is 13.4. The van der Waals surface area contributed by atoms with Crippen molar-refractivity contribution in [2.75, 3.05) is 25.7 Å². The number of hydrogen-bond acceptors (Lipinski definition) is 6. The third-order valence-corrected chi connectivity index (χ3v) is 8.06. The topological polar surface area (TPSA) is 78.9 Å². The maximum absolute atomic E-state index is 11.8. The Bertz CT molecular complexity index is 1530. The van der Waals surface area contributed by atoms with Crippen molar-refractivity contribution in [1.82, 2.24) is 0 Å². The van der Waals surface area contributed by atoms with E-state index in [1.165, 1.54) is 35.6 Å². The molecule has 1 aliphatic carbocycles. The van der Waals surface area contributed by atoms with Crippen LogP contribution in [-0.2, 0) is 38.8 Å². The quantitative estimate of drug-likeness (QED) is 0.167. The Hall–Kier alpha value is -3.76. The number of methoxy groups -OCH3 is 1. The number of rotatable bonds is 11. The van der Waals surface area contributed by atoms with Crippen LogP contribution < -0.4 is 9.47 Å². The summed E-state index contributed by atoms with van der Waals surface area (Å²) in [6, 6.07) is 18.4. The van der Waals surface area contributed by atoms with Gasteiger partial charge in [-0.3, -0.25) is 4.79 Å². The van der Waals surface area contributed by atoms with Gasteiger partial charge in [-0.25, -0.2) is 8.42 Å². The van der Waals surface area contributed by atoms with Crippen molar-refractivity contribution in [2.45, 2.75) is 52.1 Å². The second-order valence-corrected chi connectivity index (χ2v) is 12.4. The van der Waals surface area contributed by atoms with Crippen LogP contribution in [0.2, 0.25) is 0 Å². The molecule has 3 aromatic carbocycles. The van der Waals surface area contributed by atoms with Crippen LogP contribution in [0.5, 0.6) is 11.5 Å². The van der Waals surface area contributed by atoms with Gasteiger partial charge in [0.2, 0.25) is 0 Å². The molecule has 0 bridgehead atoms. The summed E-state index contributed by atoms with van der Waals surface area (Å²) in [6.07, 6.45) is 3.83. The number of aryl methyl sites for hydroxylation is 3. The molecule has 3 aromatic rings. The first kappa shape index (κ1) is 29.2. The molecule has 1 aliphatic rings. The SMILES string of the molecule is CC#CC(CC(=O)OC)c1ccc(OCc2ccc3c(c2)-c2c(C)cc(OCCCS(C)(=O)=O)cc2CC3)cc1. The predicted molar refractivity (Wildman–Crippen MR) is 157 cm³/mol. The minimum Gasteiger partial charge on any atom is -0.494 e. The third-order valence-electron chi connectivity index (χ3n) is 7.03. The lowest BCUT2D eigenvalue weighted by Crippen LogP contribution is -2.10. The van der Waals surface area contributed by atoms with Gasteiger partial charge in [0, 0.05) is 6.26 Å². The molecular weight excluding hydrogens is 524 g/mol. The van der Waals surface area contributed by atoms with Gasteiger partial charge in [-0.05, 0) is 102 Å². The molecule has 0 spiro atoms. The molecule has 0 aliphatic heterocycles. The maximum Gasteiger partial charge on any atom is 0.307 e. The Kier molecular flexibility index (Phi) is 9.54.